The van der Waals surface area contributed by atoms with E-state index in [9.17, 15) is 22.5 Å². The molecule has 0 fully saturated rings. The highest BCUT2D eigenvalue weighted by atomic mass is 31.2. The van der Waals surface area contributed by atoms with Gasteiger partial charge in [0, 0.05) is 6.54 Å². The largest absolute Gasteiger partial charge is 0.490 e. The highest BCUT2D eigenvalue weighted by Gasteiger charge is 2.38. The molecule has 0 saturated carbocycles. The third kappa shape index (κ3) is 25.1. The Bertz CT molecular complexity index is 546. The molecule has 0 unspecified atom stereocenters. The van der Waals surface area contributed by atoms with Gasteiger partial charge in [-0.25, -0.2) is 9.36 Å². The van der Waals surface area contributed by atoms with Crippen LogP contribution in [0.5, 0.6) is 0 Å². The van der Waals surface area contributed by atoms with E-state index in [2.05, 4.69) is 16.8 Å². The highest BCUT2D eigenvalue weighted by Crippen LogP contribution is 2.35. The van der Waals surface area contributed by atoms with Gasteiger partial charge in [0.1, 0.15) is 6.04 Å². The molecule has 13 heteroatoms. The summed E-state index contributed by atoms with van der Waals surface area (Å²) >= 11 is 0. The maximum absolute atomic E-state index is 11.6. The number of phosphoric ester groups is 1. The fourth-order valence-electron chi connectivity index (χ4n) is 2.56. The fourth-order valence-corrected chi connectivity index (χ4v) is 2.92. The first-order valence-corrected chi connectivity index (χ1v) is 12.4. The molecule has 32 heavy (non-hydrogen) atoms. The van der Waals surface area contributed by atoms with Crippen molar-refractivity contribution in [2.24, 2.45) is 5.73 Å². The Morgan fingerprint density at radius 2 is 1.31 bits per heavy atom. The summed E-state index contributed by atoms with van der Waals surface area (Å²) in [5.41, 5.74) is 5.49. The number of halogens is 3. The van der Waals surface area contributed by atoms with Crippen molar-refractivity contribution in [2.75, 3.05) is 13.2 Å². The number of carbonyl (C=O) groups excluding carboxylic acids is 1. The van der Waals surface area contributed by atoms with Crippen molar-refractivity contribution in [2.45, 2.75) is 96.2 Å². The Morgan fingerprint density at radius 3 is 1.66 bits per heavy atom. The van der Waals surface area contributed by atoms with Crippen molar-refractivity contribution in [1.82, 2.24) is 5.32 Å². The van der Waals surface area contributed by atoms with Gasteiger partial charge in [-0.1, -0.05) is 77.6 Å². The highest BCUT2D eigenvalue weighted by molar-refractivity contribution is 7.46. The van der Waals surface area contributed by atoms with Crippen LogP contribution in [0.4, 0.5) is 13.2 Å². The maximum Gasteiger partial charge on any atom is 0.490 e. The predicted molar refractivity (Wildman–Crippen MR) is 114 cm³/mol. The van der Waals surface area contributed by atoms with Gasteiger partial charge < -0.3 is 25.9 Å². The SMILES string of the molecule is CCCCCCCCCCCCCCNC(=O)[C@@H](N)COP(=O)(O)O.O=C(O)C(F)(F)F. The van der Waals surface area contributed by atoms with Crippen molar-refractivity contribution >= 4 is 19.7 Å². The zero-order valence-corrected chi connectivity index (χ0v) is 19.5. The van der Waals surface area contributed by atoms with Crippen LogP contribution in [0.15, 0.2) is 0 Å². The molecule has 9 nitrogen and oxygen atoms in total. The molecule has 0 aromatic carbocycles. The summed E-state index contributed by atoms with van der Waals surface area (Å²) < 4.78 is 46.5. The Hall–Kier alpha value is -1.20. The summed E-state index contributed by atoms with van der Waals surface area (Å²) in [5, 5.41) is 9.78. The lowest BCUT2D eigenvalue weighted by molar-refractivity contribution is -0.192. The van der Waals surface area contributed by atoms with Gasteiger partial charge >= 0.3 is 20.0 Å². The normalized spacial score (nSPS) is 12.6. The van der Waals surface area contributed by atoms with E-state index >= 15 is 0 Å². The predicted octanol–water partition coefficient (Wildman–Crippen LogP) is 3.87. The zero-order valence-electron chi connectivity index (χ0n) is 18.6. The number of carbonyl (C=O) groups is 2. The van der Waals surface area contributed by atoms with Crippen LogP contribution < -0.4 is 11.1 Å². The first kappa shape index (κ1) is 33.0. The molecule has 0 radical (unpaired) electrons. The molecule has 0 aromatic heterocycles. The van der Waals surface area contributed by atoms with E-state index in [1.807, 2.05) is 0 Å². The number of rotatable bonds is 17. The van der Waals surface area contributed by atoms with Gasteiger partial charge in [0.25, 0.3) is 0 Å². The number of amides is 1. The molecule has 1 atom stereocenters. The Labute approximate surface area is 187 Å². The van der Waals surface area contributed by atoms with Gasteiger partial charge in [-0.3, -0.25) is 9.32 Å². The third-order valence-corrected chi connectivity index (χ3v) is 4.82. The quantitative estimate of drug-likeness (QED) is 0.150. The van der Waals surface area contributed by atoms with Crippen LogP contribution in [0, 0.1) is 0 Å². The number of phosphoric acid groups is 1. The van der Waals surface area contributed by atoms with Gasteiger partial charge in [0.2, 0.25) is 5.91 Å². The summed E-state index contributed by atoms with van der Waals surface area (Å²) in [4.78, 5) is 37.6. The molecule has 0 aliphatic rings. The van der Waals surface area contributed by atoms with E-state index in [-0.39, 0.29) is 0 Å². The van der Waals surface area contributed by atoms with Gasteiger partial charge in [0.05, 0.1) is 6.61 Å². The number of nitrogens with two attached hydrogens (primary N) is 1. The van der Waals surface area contributed by atoms with Crippen LogP contribution in [0.25, 0.3) is 0 Å². The summed E-state index contributed by atoms with van der Waals surface area (Å²) in [5.74, 6) is -3.20. The minimum atomic E-state index is -5.08. The lowest BCUT2D eigenvalue weighted by Gasteiger charge is -2.12. The first-order valence-electron chi connectivity index (χ1n) is 10.8. The van der Waals surface area contributed by atoms with E-state index in [4.69, 9.17) is 25.4 Å². The number of unbranched alkanes of at least 4 members (excludes halogenated alkanes) is 11. The molecule has 192 valence electrons. The molecule has 0 aromatic rings. The Morgan fingerprint density at radius 1 is 0.938 bits per heavy atom. The van der Waals surface area contributed by atoms with Crippen molar-refractivity contribution in [3.63, 3.8) is 0 Å². The molecular formula is C19H38F3N2O7P. The van der Waals surface area contributed by atoms with Crippen molar-refractivity contribution in [1.29, 1.82) is 0 Å². The van der Waals surface area contributed by atoms with Crippen LogP contribution in [-0.4, -0.2) is 52.1 Å². The second-order valence-corrected chi connectivity index (χ2v) is 8.62. The number of nitrogens with one attached hydrogen (secondary N) is 1. The van der Waals surface area contributed by atoms with Crippen LogP contribution in [0.1, 0.15) is 84.0 Å². The monoisotopic (exact) mass is 494 g/mol. The number of aliphatic carboxylic acids is 1. The second-order valence-electron chi connectivity index (χ2n) is 7.38. The number of carboxylic acids is 1. The van der Waals surface area contributed by atoms with Gasteiger partial charge in [-0.05, 0) is 6.42 Å². The average Bonchev–Trinajstić information content (AvgIpc) is 2.68. The summed E-state index contributed by atoms with van der Waals surface area (Å²) in [6.07, 6.45) is 9.96. The number of alkyl halides is 3. The third-order valence-electron chi connectivity index (χ3n) is 4.33. The van der Waals surface area contributed by atoms with E-state index in [0.717, 1.165) is 12.8 Å². The van der Waals surface area contributed by atoms with Crippen molar-refractivity contribution in [3.8, 4) is 0 Å². The second kappa shape index (κ2) is 19.3. The topological polar surface area (TPSA) is 159 Å². The molecule has 6 N–H and O–H groups in total. The van der Waals surface area contributed by atoms with Gasteiger partial charge in [-0.15, -0.1) is 0 Å². The lowest BCUT2D eigenvalue weighted by atomic mass is 10.1. The molecule has 0 spiro atoms. The molecule has 0 heterocycles. The number of hydrogen-bond donors (Lipinski definition) is 5. The number of hydrogen-bond acceptors (Lipinski definition) is 5. The Kier molecular flexibility index (Phi) is 19.9. The molecule has 0 aliphatic heterocycles. The molecule has 0 saturated heterocycles. The van der Waals surface area contributed by atoms with E-state index in [1.54, 1.807) is 0 Å². The molecule has 0 bridgehead atoms. The Balaban J connectivity index is 0. The lowest BCUT2D eigenvalue weighted by Crippen LogP contribution is -2.43. The summed E-state index contributed by atoms with van der Waals surface area (Å²) in [7, 11) is -4.58. The molecule has 1 amide bonds. The maximum atomic E-state index is 11.6. The van der Waals surface area contributed by atoms with Crippen LogP contribution in [0.3, 0.4) is 0 Å². The van der Waals surface area contributed by atoms with E-state index < -0.39 is 38.5 Å². The van der Waals surface area contributed by atoms with Gasteiger partial charge in [0.15, 0.2) is 0 Å². The number of carboxylic acid groups (broad SMARTS) is 1. The average molecular weight is 494 g/mol. The van der Waals surface area contributed by atoms with Gasteiger partial charge in [-0.2, -0.15) is 13.2 Å². The zero-order chi connectivity index (χ0) is 25.0. The van der Waals surface area contributed by atoms with Crippen LogP contribution in [0.2, 0.25) is 0 Å². The summed E-state index contributed by atoms with van der Waals surface area (Å²) in [6, 6.07) is -1.06. The standard InChI is InChI=1S/C17H37N2O5P.C2HF3O2/c1-2-3-4-5-6-7-8-9-10-11-12-13-14-19-17(20)16(18)15-24-25(21,22)23;3-2(4,5)1(6)7/h16H,2-15,18H2,1H3,(H,19,20)(H2,21,22,23);(H,6,7)/t16-;/m0./s1. The van der Waals surface area contributed by atoms with Crippen molar-refractivity contribution < 1.29 is 46.7 Å². The smallest absolute Gasteiger partial charge is 0.475 e. The van der Waals surface area contributed by atoms with E-state index in [0.29, 0.717) is 6.54 Å². The first-order chi connectivity index (χ1) is 14.8. The molecular weight excluding hydrogens is 456 g/mol. The fraction of sp³-hybridized carbons (Fsp3) is 0.895. The summed E-state index contributed by atoms with van der Waals surface area (Å²) in [6.45, 7) is 2.27. The van der Waals surface area contributed by atoms with Crippen LogP contribution >= 0.6 is 7.82 Å². The molecule has 0 aliphatic carbocycles. The minimum absolute atomic E-state index is 0.448. The van der Waals surface area contributed by atoms with Crippen molar-refractivity contribution in [3.05, 3.63) is 0 Å². The van der Waals surface area contributed by atoms with Crippen LogP contribution in [-0.2, 0) is 18.7 Å². The van der Waals surface area contributed by atoms with E-state index in [1.165, 1.54) is 64.2 Å². The minimum Gasteiger partial charge on any atom is -0.475 e. The molecule has 0 rings (SSSR count).